The summed E-state index contributed by atoms with van der Waals surface area (Å²) in [4.78, 5) is 14.1. The van der Waals surface area contributed by atoms with Gasteiger partial charge in [-0.25, -0.2) is 0 Å². The van der Waals surface area contributed by atoms with Crippen molar-refractivity contribution in [2.75, 3.05) is 32.8 Å². The number of carbonyl (C=O) groups excluding carboxylic acids is 1. The Morgan fingerprint density at radius 3 is 2.70 bits per heavy atom. The van der Waals surface area contributed by atoms with Crippen molar-refractivity contribution in [1.29, 1.82) is 0 Å². The van der Waals surface area contributed by atoms with Gasteiger partial charge >= 0.3 is 0 Å². The molecule has 2 N–H and O–H groups in total. The van der Waals surface area contributed by atoms with Crippen molar-refractivity contribution in [2.24, 2.45) is 0 Å². The first-order valence-electron chi connectivity index (χ1n) is 7.93. The van der Waals surface area contributed by atoms with E-state index < -0.39 is 6.10 Å². The zero-order valence-corrected chi connectivity index (χ0v) is 14.6. The van der Waals surface area contributed by atoms with E-state index in [1.807, 2.05) is 38.1 Å². The van der Waals surface area contributed by atoms with Crippen molar-refractivity contribution >= 4 is 18.3 Å². The molecule has 0 spiro atoms. The number of aliphatic hydroxyl groups is 1. The molecule has 6 heteroatoms. The molecule has 2 rings (SSSR count). The Morgan fingerprint density at radius 2 is 2.13 bits per heavy atom. The molecular weight excluding hydrogens is 316 g/mol. The standard InChI is InChI=1S/C17H26N2O3.ClH/c1-3-19(17(21)10-15-12-22-9-8-18-15)11-16(20)14-6-4-13(2)5-7-14;/h4-7,15-16,18,20H,3,8-12H2,1-2H3;1H. The summed E-state index contributed by atoms with van der Waals surface area (Å²) in [6.07, 6.45) is -0.242. The Morgan fingerprint density at radius 1 is 1.43 bits per heavy atom. The van der Waals surface area contributed by atoms with Crippen LogP contribution in [0, 0.1) is 6.92 Å². The van der Waals surface area contributed by atoms with Crippen LogP contribution in [0.25, 0.3) is 0 Å². The fourth-order valence-corrected chi connectivity index (χ4v) is 2.60. The van der Waals surface area contributed by atoms with Crippen LogP contribution in [-0.2, 0) is 9.53 Å². The van der Waals surface area contributed by atoms with Crippen molar-refractivity contribution in [3.63, 3.8) is 0 Å². The van der Waals surface area contributed by atoms with Gasteiger partial charge in [0.05, 0.1) is 25.9 Å². The first-order valence-corrected chi connectivity index (χ1v) is 7.93. The predicted molar refractivity (Wildman–Crippen MR) is 92.9 cm³/mol. The Bertz CT molecular complexity index is 475. The second kappa shape index (κ2) is 9.88. The van der Waals surface area contributed by atoms with Gasteiger partial charge in [0.1, 0.15) is 0 Å². The highest BCUT2D eigenvalue weighted by Gasteiger charge is 2.22. The molecule has 2 unspecified atom stereocenters. The quantitative estimate of drug-likeness (QED) is 0.825. The molecule has 1 fully saturated rings. The van der Waals surface area contributed by atoms with Crippen LogP contribution in [0.2, 0.25) is 0 Å². The number of aryl methyl sites for hydroxylation is 1. The molecule has 130 valence electrons. The molecule has 0 bridgehead atoms. The number of hydrogen-bond acceptors (Lipinski definition) is 4. The van der Waals surface area contributed by atoms with Crippen molar-refractivity contribution < 1.29 is 14.6 Å². The highest BCUT2D eigenvalue weighted by molar-refractivity contribution is 5.85. The fourth-order valence-electron chi connectivity index (χ4n) is 2.60. The molecule has 0 aromatic heterocycles. The van der Waals surface area contributed by atoms with Crippen molar-refractivity contribution in [1.82, 2.24) is 10.2 Å². The molecule has 0 radical (unpaired) electrons. The van der Waals surface area contributed by atoms with Crippen LogP contribution in [0.3, 0.4) is 0 Å². The summed E-state index contributed by atoms with van der Waals surface area (Å²) in [7, 11) is 0. The highest BCUT2D eigenvalue weighted by atomic mass is 35.5. The number of amides is 1. The van der Waals surface area contributed by atoms with Crippen LogP contribution in [0.1, 0.15) is 30.6 Å². The molecule has 1 aliphatic heterocycles. The summed E-state index contributed by atoms with van der Waals surface area (Å²) >= 11 is 0. The third-order valence-electron chi connectivity index (χ3n) is 4.01. The lowest BCUT2D eigenvalue weighted by atomic mass is 10.1. The van der Waals surface area contributed by atoms with E-state index in [-0.39, 0.29) is 24.4 Å². The molecule has 1 aromatic carbocycles. The van der Waals surface area contributed by atoms with Crippen LogP contribution in [0.4, 0.5) is 0 Å². The normalized spacial score (nSPS) is 18.8. The van der Waals surface area contributed by atoms with Gasteiger partial charge in [0, 0.05) is 25.6 Å². The van der Waals surface area contributed by atoms with E-state index in [0.29, 0.717) is 32.7 Å². The maximum Gasteiger partial charge on any atom is 0.224 e. The van der Waals surface area contributed by atoms with E-state index in [1.165, 1.54) is 0 Å². The van der Waals surface area contributed by atoms with Crippen LogP contribution >= 0.6 is 12.4 Å². The molecule has 5 nitrogen and oxygen atoms in total. The number of morpholine rings is 1. The number of ether oxygens (including phenoxy) is 1. The molecule has 0 saturated carbocycles. The third-order valence-corrected chi connectivity index (χ3v) is 4.01. The number of nitrogens with zero attached hydrogens (tertiary/aromatic N) is 1. The van der Waals surface area contributed by atoms with Crippen LogP contribution in [0.5, 0.6) is 0 Å². The van der Waals surface area contributed by atoms with E-state index in [1.54, 1.807) is 4.90 Å². The largest absolute Gasteiger partial charge is 0.387 e. The van der Waals surface area contributed by atoms with Gasteiger partial charge in [-0.1, -0.05) is 29.8 Å². The second-order valence-corrected chi connectivity index (χ2v) is 5.79. The number of likely N-dealkylation sites (N-methyl/N-ethyl adjacent to an activating group) is 1. The average Bonchev–Trinajstić information content (AvgIpc) is 2.53. The summed E-state index contributed by atoms with van der Waals surface area (Å²) in [5.74, 6) is 0.0525. The lowest BCUT2D eigenvalue weighted by Crippen LogP contribution is -2.45. The number of benzene rings is 1. The minimum absolute atomic E-state index is 0. The topological polar surface area (TPSA) is 61.8 Å². The molecule has 1 aromatic rings. The number of rotatable bonds is 6. The van der Waals surface area contributed by atoms with Crippen molar-refractivity contribution in [2.45, 2.75) is 32.4 Å². The maximum absolute atomic E-state index is 12.4. The van der Waals surface area contributed by atoms with E-state index in [9.17, 15) is 9.90 Å². The van der Waals surface area contributed by atoms with E-state index in [2.05, 4.69) is 5.32 Å². The number of aliphatic hydroxyl groups excluding tert-OH is 1. The molecule has 23 heavy (non-hydrogen) atoms. The maximum atomic E-state index is 12.4. The number of carbonyl (C=O) groups is 1. The number of halogens is 1. The third kappa shape index (κ3) is 6.11. The van der Waals surface area contributed by atoms with E-state index in [4.69, 9.17) is 4.74 Å². The van der Waals surface area contributed by atoms with Crippen LogP contribution < -0.4 is 5.32 Å². The molecular formula is C17H27ClN2O3. The number of nitrogens with one attached hydrogen (secondary N) is 1. The highest BCUT2D eigenvalue weighted by Crippen LogP contribution is 2.16. The van der Waals surface area contributed by atoms with Crippen LogP contribution in [-0.4, -0.2) is 54.8 Å². The van der Waals surface area contributed by atoms with Gasteiger partial charge in [0.2, 0.25) is 5.91 Å². The molecule has 0 aliphatic carbocycles. The Balaban J connectivity index is 0.00000264. The Labute approximate surface area is 144 Å². The second-order valence-electron chi connectivity index (χ2n) is 5.79. The summed E-state index contributed by atoms with van der Waals surface area (Å²) in [6.45, 7) is 6.93. The fraction of sp³-hybridized carbons (Fsp3) is 0.588. The van der Waals surface area contributed by atoms with Gasteiger partial charge in [-0.2, -0.15) is 0 Å². The smallest absolute Gasteiger partial charge is 0.224 e. The van der Waals surface area contributed by atoms with Crippen molar-refractivity contribution in [3.05, 3.63) is 35.4 Å². The zero-order chi connectivity index (χ0) is 15.9. The molecule has 1 amide bonds. The first kappa shape index (κ1) is 19.9. The zero-order valence-electron chi connectivity index (χ0n) is 13.8. The lowest BCUT2D eigenvalue weighted by molar-refractivity contribution is -0.133. The monoisotopic (exact) mass is 342 g/mol. The summed E-state index contributed by atoms with van der Waals surface area (Å²) in [5.41, 5.74) is 2.00. The van der Waals surface area contributed by atoms with E-state index >= 15 is 0 Å². The lowest BCUT2D eigenvalue weighted by Gasteiger charge is -2.28. The average molecular weight is 343 g/mol. The first-order chi connectivity index (χ1) is 10.6. The Kier molecular flexibility index (Phi) is 8.55. The summed E-state index contributed by atoms with van der Waals surface area (Å²) in [6, 6.07) is 7.84. The van der Waals surface area contributed by atoms with Crippen LogP contribution in [0.15, 0.2) is 24.3 Å². The summed E-state index contributed by atoms with van der Waals surface area (Å²) in [5, 5.41) is 13.6. The minimum Gasteiger partial charge on any atom is -0.387 e. The van der Waals surface area contributed by atoms with E-state index in [0.717, 1.165) is 17.7 Å². The summed E-state index contributed by atoms with van der Waals surface area (Å²) < 4.78 is 5.38. The van der Waals surface area contributed by atoms with Gasteiger partial charge in [0.25, 0.3) is 0 Å². The minimum atomic E-state index is -0.653. The molecule has 1 heterocycles. The van der Waals surface area contributed by atoms with Gasteiger partial charge in [-0.05, 0) is 19.4 Å². The molecule has 2 atom stereocenters. The number of hydrogen-bond donors (Lipinski definition) is 2. The van der Waals surface area contributed by atoms with Gasteiger partial charge in [0.15, 0.2) is 0 Å². The van der Waals surface area contributed by atoms with Gasteiger partial charge < -0.3 is 20.1 Å². The molecule has 1 aliphatic rings. The predicted octanol–water partition coefficient (Wildman–Crippen LogP) is 1.68. The van der Waals surface area contributed by atoms with Gasteiger partial charge in [-0.3, -0.25) is 4.79 Å². The SMILES string of the molecule is CCN(CC(O)c1ccc(C)cc1)C(=O)CC1COCCN1.Cl. The van der Waals surface area contributed by atoms with Crippen molar-refractivity contribution in [3.8, 4) is 0 Å². The molecule has 1 saturated heterocycles. The Hall–Kier alpha value is -1.14. The van der Waals surface area contributed by atoms with Gasteiger partial charge in [-0.15, -0.1) is 12.4 Å².